The Kier molecular flexibility index (Phi) is 5.40. The van der Waals surface area contributed by atoms with Gasteiger partial charge in [0.25, 0.3) is 0 Å². The van der Waals surface area contributed by atoms with Gasteiger partial charge in [0.15, 0.2) is 9.84 Å². The van der Waals surface area contributed by atoms with E-state index < -0.39 is 9.84 Å². The third kappa shape index (κ3) is 4.71. The van der Waals surface area contributed by atoms with E-state index in [1.54, 1.807) is 0 Å². The lowest BCUT2D eigenvalue weighted by molar-refractivity contribution is -0.123. The fourth-order valence-electron chi connectivity index (χ4n) is 2.98. The molecule has 20 heavy (non-hydrogen) atoms. The first kappa shape index (κ1) is 15.7. The van der Waals surface area contributed by atoms with Gasteiger partial charge in [-0.05, 0) is 45.8 Å². The molecule has 0 aromatic carbocycles. The smallest absolute Gasteiger partial charge is 0.234 e. The molecule has 2 aliphatic rings. The van der Waals surface area contributed by atoms with E-state index in [1.165, 1.54) is 0 Å². The Morgan fingerprint density at radius 1 is 1.30 bits per heavy atom. The molecule has 2 atom stereocenters. The highest BCUT2D eigenvalue weighted by Gasteiger charge is 2.29. The molecule has 2 heterocycles. The van der Waals surface area contributed by atoms with Crippen molar-refractivity contribution < 1.29 is 13.2 Å². The Hall–Kier alpha value is -0.660. The van der Waals surface area contributed by atoms with Crippen molar-refractivity contribution in [2.24, 2.45) is 0 Å². The van der Waals surface area contributed by atoms with Gasteiger partial charge in [-0.2, -0.15) is 0 Å². The predicted molar refractivity (Wildman–Crippen MR) is 78.3 cm³/mol. The second-order valence-corrected chi connectivity index (χ2v) is 8.15. The summed E-state index contributed by atoms with van der Waals surface area (Å²) in [6.45, 7) is 2.40. The molecular formula is C13H25N3O3S. The van der Waals surface area contributed by atoms with Crippen LogP contribution in [0.1, 0.15) is 25.7 Å². The van der Waals surface area contributed by atoms with Crippen LogP contribution in [0.5, 0.6) is 0 Å². The summed E-state index contributed by atoms with van der Waals surface area (Å²) in [6, 6.07) is 0.236. The van der Waals surface area contributed by atoms with Crippen molar-refractivity contribution in [3.8, 4) is 0 Å². The molecule has 0 radical (unpaired) electrons. The highest BCUT2D eigenvalue weighted by Crippen LogP contribution is 2.13. The number of nitrogens with one attached hydrogen (secondary N) is 2. The summed E-state index contributed by atoms with van der Waals surface area (Å²) in [5.74, 6) is 0.226. The van der Waals surface area contributed by atoms with Gasteiger partial charge in [0.1, 0.15) is 0 Å². The number of nitrogens with zero attached hydrogens (tertiary/aromatic N) is 1. The highest BCUT2D eigenvalue weighted by molar-refractivity contribution is 7.91. The topological polar surface area (TPSA) is 78.5 Å². The minimum atomic E-state index is -2.93. The third-order valence-corrected chi connectivity index (χ3v) is 5.93. The van der Waals surface area contributed by atoms with E-state index in [1.807, 2.05) is 7.05 Å². The van der Waals surface area contributed by atoms with Crippen LogP contribution in [0.2, 0.25) is 0 Å². The maximum Gasteiger partial charge on any atom is 0.234 e. The zero-order valence-electron chi connectivity index (χ0n) is 12.1. The van der Waals surface area contributed by atoms with Gasteiger partial charge < -0.3 is 10.6 Å². The fraction of sp³-hybridized carbons (Fsp3) is 0.923. The van der Waals surface area contributed by atoms with Gasteiger partial charge >= 0.3 is 0 Å². The minimum absolute atomic E-state index is 0.0631. The maximum atomic E-state index is 12.0. The maximum absolute atomic E-state index is 12.0. The van der Waals surface area contributed by atoms with Crippen molar-refractivity contribution in [2.45, 2.75) is 37.8 Å². The quantitative estimate of drug-likeness (QED) is 0.722. The zero-order valence-corrected chi connectivity index (χ0v) is 12.9. The van der Waals surface area contributed by atoms with Crippen LogP contribution in [0, 0.1) is 0 Å². The second kappa shape index (κ2) is 6.87. The van der Waals surface area contributed by atoms with Crippen LogP contribution < -0.4 is 10.6 Å². The van der Waals surface area contributed by atoms with Gasteiger partial charge in [-0.25, -0.2) is 8.42 Å². The number of carbonyl (C=O) groups is 1. The molecule has 0 aromatic heterocycles. The van der Waals surface area contributed by atoms with E-state index in [0.29, 0.717) is 19.0 Å². The Balaban J connectivity index is 1.76. The lowest BCUT2D eigenvalue weighted by Crippen LogP contribution is -2.44. The van der Waals surface area contributed by atoms with E-state index in [0.717, 1.165) is 32.4 Å². The van der Waals surface area contributed by atoms with Crippen molar-refractivity contribution in [1.82, 2.24) is 15.5 Å². The molecular weight excluding hydrogens is 278 g/mol. The number of hydrogen-bond donors (Lipinski definition) is 2. The van der Waals surface area contributed by atoms with E-state index in [2.05, 4.69) is 15.5 Å². The molecule has 2 fully saturated rings. The zero-order chi connectivity index (χ0) is 14.6. The molecule has 0 aliphatic carbocycles. The summed E-state index contributed by atoms with van der Waals surface area (Å²) in [5, 5.41) is 6.20. The third-order valence-electron chi connectivity index (χ3n) is 4.16. The Morgan fingerprint density at radius 2 is 2.10 bits per heavy atom. The summed E-state index contributed by atoms with van der Waals surface area (Å²) >= 11 is 0. The van der Waals surface area contributed by atoms with Gasteiger partial charge in [0.2, 0.25) is 5.91 Å². The van der Waals surface area contributed by atoms with Crippen LogP contribution in [0.3, 0.4) is 0 Å². The van der Waals surface area contributed by atoms with Gasteiger partial charge in [-0.3, -0.25) is 9.69 Å². The molecule has 2 aliphatic heterocycles. The standard InChI is InChI=1S/C13H25N3O3S/c1-16(12-3-2-6-14-7-4-12)9-13(17)15-11-5-8-20(18,19)10-11/h11-12,14H,2-10H2,1H3,(H,15,17). The Morgan fingerprint density at radius 3 is 2.80 bits per heavy atom. The number of amides is 1. The number of carbonyl (C=O) groups excluding carboxylic acids is 1. The molecule has 0 saturated carbocycles. The minimum Gasteiger partial charge on any atom is -0.351 e. The predicted octanol–water partition coefficient (Wildman–Crippen LogP) is -0.636. The normalized spacial score (nSPS) is 30.1. The largest absolute Gasteiger partial charge is 0.351 e. The average Bonchev–Trinajstić information content (AvgIpc) is 2.59. The van der Waals surface area contributed by atoms with E-state index in [4.69, 9.17) is 0 Å². The molecule has 0 aromatic rings. The molecule has 0 spiro atoms. The molecule has 2 N–H and O–H groups in total. The van der Waals surface area contributed by atoms with E-state index in [9.17, 15) is 13.2 Å². The first-order valence-corrected chi connectivity index (χ1v) is 9.19. The lowest BCUT2D eigenvalue weighted by Gasteiger charge is -2.26. The number of rotatable bonds is 4. The van der Waals surface area contributed by atoms with E-state index >= 15 is 0 Å². The van der Waals surface area contributed by atoms with E-state index in [-0.39, 0.29) is 23.5 Å². The molecule has 0 bridgehead atoms. The summed E-state index contributed by atoms with van der Waals surface area (Å²) in [4.78, 5) is 14.1. The molecule has 7 heteroatoms. The van der Waals surface area contributed by atoms with Crippen molar-refractivity contribution in [1.29, 1.82) is 0 Å². The number of sulfone groups is 1. The van der Waals surface area contributed by atoms with Crippen molar-refractivity contribution in [3.63, 3.8) is 0 Å². The van der Waals surface area contributed by atoms with Crippen LogP contribution in [-0.4, -0.2) is 69.5 Å². The van der Waals surface area contributed by atoms with Gasteiger partial charge in [0, 0.05) is 12.1 Å². The average molecular weight is 303 g/mol. The Bertz CT molecular complexity index is 430. The number of likely N-dealkylation sites (N-methyl/N-ethyl adjacent to an activating group) is 1. The summed E-state index contributed by atoms with van der Waals surface area (Å²) < 4.78 is 22.7. The van der Waals surface area contributed by atoms with Gasteiger partial charge in [0.05, 0.1) is 18.1 Å². The molecule has 6 nitrogen and oxygen atoms in total. The number of hydrogen-bond acceptors (Lipinski definition) is 5. The highest BCUT2D eigenvalue weighted by atomic mass is 32.2. The van der Waals surface area contributed by atoms with Crippen molar-refractivity contribution in [3.05, 3.63) is 0 Å². The molecule has 2 unspecified atom stereocenters. The second-order valence-electron chi connectivity index (χ2n) is 5.92. The molecule has 2 rings (SSSR count). The summed E-state index contributed by atoms with van der Waals surface area (Å²) in [6.07, 6.45) is 3.85. The Labute approximate surface area is 121 Å². The van der Waals surface area contributed by atoms with Crippen LogP contribution in [0.4, 0.5) is 0 Å². The molecule has 1 amide bonds. The molecule has 116 valence electrons. The van der Waals surface area contributed by atoms with Crippen LogP contribution >= 0.6 is 0 Å². The summed E-state index contributed by atoms with van der Waals surface area (Å²) in [7, 11) is -0.958. The van der Waals surface area contributed by atoms with Gasteiger partial charge in [-0.15, -0.1) is 0 Å². The van der Waals surface area contributed by atoms with Crippen molar-refractivity contribution in [2.75, 3.05) is 38.2 Å². The van der Waals surface area contributed by atoms with Gasteiger partial charge in [-0.1, -0.05) is 0 Å². The lowest BCUT2D eigenvalue weighted by atomic mass is 10.1. The fourth-order valence-corrected chi connectivity index (χ4v) is 4.65. The first-order valence-electron chi connectivity index (χ1n) is 7.37. The SMILES string of the molecule is CN(CC(=O)NC1CCS(=O)(=O)C1)C1CCCNCC1. The molecule has 2 saturated heterocycles. The summed E-state index contributed by atoms with van der Waals surface area (Å²) in [5.41, 5.74) is 0. The van der Waals surface area contributed by atoms with Crippen LogP contribution in [0.15, 0.2) is 0 Å². The monoisotopic (exact) mass is 303 g/mol. The first-order chi connectivity index (χ1) is 9.46. The van der Waals surface area contributed by atoms with Crippen molar-refractivity contribution >= 4 is 15.7 Å². The van der Waals surface area contributed by atoms with Crippen LogP contribution in [0.25, 0.3) is 0 Å². The van der Waals surface area contributed by atoms with Crippen LogP contribution in [-0.2, 0) is 14.6 Å².